The summed E-state index contributed by atoms with van der Waals surface area (Å²) in [4.78, 5) is 38.8. The van der Waals surface area contributed by atoms with Crippen LogP contribution in [0.1, 0.15) is 16.7 Å². The SMILES string of the molecule is COC(=O)C1Cc2cc(NC(=O)OCc3ccccc3)ccc2N1C(=O)OCc1ccccc1. The molecule has 0 radical (unpaired) electrons. The average Bonchev–Trinajstić information content (AvgIpc) is 3.25. The predicted octanol–water partition coefficient (Wildman–Crippen LogP) is 4.68. The summed E-state index contributed by atoms with van der Waals surface area (Å²) in [7, 11) is 1.27. The summed E-state index contributed by atoms with van der Waals surface area (Å²) >= 11 is 0. The van der Waals surface area contributed by atoms with Crippen LogP contribution in [0.5, 0.6) is 0 Å². The molecule has 0 aromatic heterocycles. The van der Waals surface area contributed by atoms with Crippen LogP contribution in [-0.2, 0) is 38.6 Å². The summed E-state index contributed by atoms with van der Waals surface area (Å²) in [5.41, 5.74) is 3.42. The maximum atomic E-state index is 12.9. The molecule has 34 heavy (non-hydrogen) atoms. The van der Waals surface area contributed by atoms with E-state index in [9.17, 15) is 14.4 Å². The number of hydrogen-bond acceptors (Lipinski definition) is 6. The van der Waals surface area contributed by atoms with Crippen molar-refractivity contribution in [3.8, 4) is 0 Å². The molecule has 1 aliphatic rings. The number of nitrogens with one attached hydrogen (secondary N) is 1. The quantitative estimate of drug-likeness (QED) is 0.424. The number of ether oxygens (including phenoxy) is 3. The Hall–Kier alpha value is -4.33. The van der Waals surface area contributed by atoms with E-state index >= 15 is 0 Å². The number of amides is 2. The van der Waals surface area contributed by atoms with Crippen molar-refractivity contribution >= 4 is 29.5 Å². The molecule has 1 heterocycles. The number of hydrogen-bond donors (Lipinski definition) is 1. The number of carbonyl (C=O) groups excluding carboxylic acids is 3. The molecule has 3 aromatic carbocycles. The third-order valence-electron chi connectivity index (χ3n) is 5.40. The fraction of sp³-hybridized carbons (Fsp3) is 0.192. The molecule has 0 bridgehead atoms. The zero-order valence-electron chi connectivity index (χ0n) is 18.6. The Labute approximate surface area is 197 Å². The molecular weight excluding hydrogens is 436 g/mol. The van der Waals surface area contributed by atoms with E-state index in [1.54, 1.807) is 18.2 Å². The Morgan fingerprint density at radius 1 is 0.882 bits per heavy atom. The summed E-state index contributed by atoms with van der Waals surface area (Å²) in [6, 6.07) is 22.8. The molecule has 1 N–H and O–H groups in total. The topological polar surface area (TPSA) is 94.2 Å². The molecule has 1 atom stereocenters. The molecule has 2 amide bonds. The van der Waals surface area contributed by atoms with Crippen molar-refractivity contribution in [3.05, 3.63) is 95.6 Å². The lowest BCUT2D eigenvalue weighted by Crippen LogP contribution is -2.43. The van der Waals surface area contributed by atoms with Crippen LogP contribution in [0.3, 0.4) is 0 Å². The van der Waals surface area contributed by atoms with Crippen molar-refractivity contribution in [2.24, 2.45) is 0 Å². The van der Waals surface area contributed by atoms with Crippen molar-refractivity contribution in [1.29, 1.82) is 0 Å². The first kappa shape index (κ1) is 22.8. The van der Waals surface area contributed by atoms with Gasteiger partial charge in [0.05, 0.1) is 12.8 Å². The number of fused-ring (bicyclic) bond motifs is 1. The first-order chi connectivity index (χ1) is 16.5. The largest absolute Gasteiger partial charge is 0.467 e. The fourth-order valence-electron chi connectivity index (χ4n) is 3.75. The van der Waals surface area contributed by atoms with E-state index in [1.165, 1.54) is 12.0 Å². The normalized spacial score (nSPS) is 14.1. The molecule has 1 unspecified atom stereocenters. The van der Waals surface area contributed by atoms with Gasteiger partial charge in [0.25, 0.3) is 0 Å². The van der Waals surface area contributed by atoms with Crippen LogP contribution in [0.25, 0.3) is 0 Å². The first-order valence-corrected chi connectivity index (χ1v) is 10.7. The van der Waals surface area contributed by atoms with E-state index in [1.807, 2.05) is 60.7 Å². The highest BCUT2D eigenvalue weighted by atomic mass is 16.6. The van der Waals surface area contributed by atoms with Gasteiger partial charge in [-0.05, 0) is 34.9 Å². The van der Waals surface area contributed by atoms with Crippen LogP contribution in [0.4, 0.5) is 21.0 Å². The van der Waals surface area contributed by atoms with Gasteiger partial charge in [0, 0.05) is 12.1 Å². The lowest BCUT2D eigenvalue weighted by atomic mass is 10.1. The molecule has 0 fully saturated rings. The lowest BCUT2D eigenvalue weighted by Gasteiger charge is -2.23. The fourth-order valence-corrected chi connectivity index (χ4v) is 3.75. The summed E-state index contributed by atoms with van der Waals surface area (Å²) in [5.74, 6) is -0.551. The number of anilines is 2. The van der Waals surface area contributed by atoms with Gasteiger partial charge < -0.3 is 14.2 Å². The van der Waals surface area contributed by atoms with Crippen molar-refractivity contribution in [3.63, 3.8) is 0 Å². The van der Waals surface area contributed by atoms with E-state index in [0.29, 0.717) is 16.9 Å². The predicted molar refractivity (Wildman–Crippen MR) is 125 cm³/mol. The van der Waals surface area contributed by atoms with Crippen molar-refractivity contribution in [2.45, 2.75) is 25.7 Å². The third kappa shape index (κ3) is 5.35. The number of carbonyl (C=O) groups is 3. The van der Waals surface area contributed by atoms with Crippen molar-refractivity contribution in [1.82, 2.24) is 0 Å². The standard InChI is InChI=1S/C26H24N2O6/c1-32-24(29)23-15-20-14-21(27-25(30)33-16-18-8-4-2-5-9-18)12-13-22(20)28(23)26(31)34-17-19-10-6-3-7-11-19/h2-14,23H,15-17H2,1H3,(H,27,30). The van der Waals surface area contributed by atoms with Gasteiger partial charge >= 0.3 is 18.2 Å². The first-order valence-electron chi connectivity index (χ1n) is 10.7. The number of nitrogens with zero attached hydrogens (tertiary/aromatic N) is 1. The number of rotatable bonds is 6. The minimum Gasteiger partial charge on any atom is -0.467 e. The molecule has 8 nitrogen and oxygen atoms in total. The highest BCUT2D eigenvalue weighted by Crippen LogP contribution is 2.35. The summed E-state index contributed by atoms with van der Waals surface area (Å²) in [5, 5.41) is 2.68. The summed E-state index contributed by atoms with van der Waals surface area (Å²) in [6.07, 6.45) is -1.02. The minimum absolute atomic E-state index is 0.0757. The van der Waals surface area contributed by atoms with Crippen LogP contribution in [0, 0.1) is 0 Å². The van der Waals surface area contributed by atoms with Crippen LogP contribution in [-0.4, -0.2) is 31.3 Å². The van der Waals surface area contributed by atoms with E-state index in [0.717, 1.165) is 11.1 Å². The lowest BCUT2D eigenvalue weighted by molar-refractivity contribution is -0.142. The Morgan fingerprint density at radius 2 is 1.50 bits per heavy atom. The van der Waals surface area contributed by atoms with Gasteiger partial charge in [0.2, 0.25) is 0 Å². The molecule has 1 aliphatic heterocycles. The van der Waals surface area contributed by atoms with Crippen LogP contribution < -0.4 is 10.2 Å². The van der Waals surface area contributed by atoms with Crippen molar-refractivity contribution in [2.75, 3.05) is 17.3 Å². The van der Waals surface area contributed by atoms with E-state index in [-0.39, 0.29) is 19.6 Å². The average molecular weight is 460 g/mol. The molecule has 0 saturated carbocycles. The molecular formula is C26H24N2O6. The zero-order chi connectivity index (χ0) is 23.9. The van der Waals surface area contributed by atoms with Crippen LogP contribution >= 0.6 is 0 Å². The zero-order valence-corrected chi connectivity index (χ0v) is 18.6. The minimum atomic E-state index is -0.858. The van der Waals surface area contributed by atoms with Gasteiger partial charge in [-0.25, -0.2) is 14.4 Å². The smallest absolute Gasteiger partial charge is 0.415 e. The van der Waals surface area contributed by atoms with E-state index in [4.69, 9.17) is 14.2 Å². The second-order valence-electron chi connectivity index (χ2n) is 7.68. The Kier molecular flexibility index (Phi) is 7.07. The Morgan fingerprint density at radius 3 is 2.12 bits per heavy atom. The highest BCUT2D eigenvalue weighted by molar-refractivity contribution is 5.99. The second kappa shape index (κ2) is 10.5. The van der Waals surface area contributed by atoms with E-state index < -0.39 is 24.2 Å². The third-order valence-corrected chi connectivity index (χ3v) is 5.40. The Bertz CT molecular complexity index is 1170. The van der Waals surface area contributed by atoms with Gasteiger partial charge in [-0.3, -0.25) is 10.2 Å². The number of methoxy groups -OCH3 is 1. The highest BCUT2D eigenvalue weighted by Gasteiger charge is 2.40. The van der Waals surface area contributed by atoms with Gasteiger partial charge in [-0.1, -0.05) is 60.7 Å². The number of esters is 1. The second-order valence-corrected chi connectivity index (χ2v) is 7.68. The molecule has 0 saturated heterocycles. The molecule has 3 aromatic rings. The molecule has 4 rings (SSSR count). The molecule has 0 spiro atoms. The van der Waals surface area contributed by atoms with Gasteiger partial charge in [-0.15, -0.1) is 0 Å². The van der Waals surface area contributed by atoms with Gasteiger partial charge in [-0.2, -0.15) is 0 Å². The van der Waals surface area contributed by atoms with Gasteiger partial charge in [0.1, 0.15) is 19.3 Å². The van der Waals surface area contributed by atoms with Crippen LogP contribution in [0.15, 0.2) is 78.9 Å². The monoisotopic (exact) mass is 460 g/mol. The Balaban J connectivity index is 1.45. The summed E-state index contributed by atoms with van der Waals surface area (Å²) in [6.45, 7) is 0.218. The van der Waals surface area contributed by atoms with E-state index in [2.05, 4.69) is 5.32 Å². The maximum Gasteiger partial charge on any atom is 0.415 e. The summed E-state index contributed by atoms with van der Waals surface area (Å²) < 4.78 is 15.6. The number of benzene rings is 3. The molecule has 0 aliphatic carbocycles. The maximum absolute atomic E-state index is 12.9. The van der Waals surface area contributed by atoms with Crippen LogP contribution in [0.2, 0.25) is 0 Å². The van der Waals surface area contributed by atoms with Gasteiger partial charge in [0.15, 0.2) is 0 Å². The molecule has 8 heteroatoms. The molecule has 174 valence electrons. The van der Waals surface area contributed by atoms with Crippen molar-refractivity contribution < 1.29 is 28.6 Å².